The van der Waals surface area contributed by atoms with E-state index in [4.69, 9.17) is 14.2 Å². The highest BCUT2D eigenvalue weighted by Crippen LogP contribution is 2.38. The number of halogens is 3. The molecule has 2 bridgehead atoms. The molecule has 3 rings (SSSR count). The van der Waals surface area contributed by atoms with Crippen molar-refractivity contribution >= 4 is 5.82 Å². The van der Waals surface area contributed by atoms with Crippen molar-refractivity contribution in [1.29, 1.82) is 0 Å². The molecule has 2 aliphatic rings. The summed E-state index contributed by atoms with van der Waals surface area (Å²) in [7, 11) is 0. The maximum atomic E-state index is 12.5. The number of aliphatic hydroxyl groups is 2. The number of fused-ring (bicyclic) bond motifs is 2. The van der Waals surface area contributed by atoms with Crippen LogP contribution in [0.4, 0.5) is 19.0 Å². The van der Waals surface area contributed by atoms with E-state index in [1.54, 1.807) is 0 Å². The number of aliphatic hydroxyl groups excluding tert-OH is 2. The number of aromatic nitrogens is 2. The first kappa shape index (κ1) is 19.2. The van der Waals surface area contributed by atoms with E-state index in [9.17, 15) is 23.4 Å². The van der Waals surface area contributed by atoms with Crippen molar-refractivity contribution in [3.05, 3.63) is 18.1 Å². The van der Waals surface area contributed by atoms with E-state index in [1.807, 2.05) is 13.8 Å². The second kappa shape index (κ2) is 6.89. The molecule has 11 heteroatoms. The molecule has 26 heavy (non-hydrogen) atoms. The fourth-order valence-electron chi connectivity index (χ4n) is 2.87. The van der Waals surface area contributed by atoms with Gasteiger partial charge in [-0.1, -0.05) is 0 Å². The lowest BCUT2D eigenvalue weighted by atomic mass is 9.88. The molecule has 1 aromatic heterocycles. The zero-order valence-corrected chi connectivity index (χ0v) is 14.1. The summed E-state index contributed by atoms with van der Waals surface area (Å²) >= 11 is 0. The van der Waals surface area contributed by atoms with Crippen molar-refractivity contribution in [2.45, 2.75) is 56.3 Å². The molecule has 2 saturated heterocycles. The van der Waals surface area contributed by atoms with Gasteiger partial charge in [0, 0.05) is 0 Å². The van der Waals surface area contributed by atoms with E-state index in [1.165, 1.54) is 0 Å². The van der Waals surface area contributed by atoms with E-state index in [0.717, 1.165) is 6.20 Å². The Hall–Kier alpha value is -1.53. The molecule has 0 aliphatic carbocycles. The van der Waals surface area contributed by atoms with Crippen LogP contribution in [0.15, 0.2) is 12.4 Å². The van der Waals surface area contributed by atoms with E-state index < -0.39 is 42.0 Å². The van der Waals surface area contributed by atoms with Crippen molar-refractivity contribution in [3.8, 4) is 0 Å². The Kier molecular flexibility index (Phi) is 5.10. The first-order valence-electron chi connectivity index (χ1n) is 8.05. The van der Waals surface area contributed by atoms with E-state index in [0.29, 0.717) is 6.20 Å². The van der Waals surface area contributed by atoms with Crippen LogP contribution in [0, 0.1) is 0 Å². The van der Waals surface area contributed by atoms with Gasteiger partial charge in [0.05, 0.1) is 31.7 Å². The zero-order chi connectivity index (χ0) is 19.1. The molecule has 2 aliphatic heterocycles. The largest absolute Gasteiger partial charge is 0.434 e. The van der Waals surface area contributed by atoms with E-state index in [-0.39, 0.29) is 25.1 Å². The number of hydrogen-bond donors (Lipinski definition) is 3. The number of anilines is 1. The smallest absolute Gasteiger partial charge is 0.388 e. The van der Waals surface area contributed by atoms with Crippen molar-refractivity contribution in [2.75, 3.05) is 18.5 Å². The SMILES string of the molecule is CC(C)OC[C@@]12CO[C@@H](O1)[C@H](Nc1cnc(C(F)(F)F)cn1)[C@@H](O)[C@H]2O. The molecule has 8 nitrogen and oxygen atoms in total. The number of ether oxygens (including phenoxy) is 3. The standard InChI is InChI=1S/C15H20F3N3O5/c1-7(2)24-5-14-6-25-13(26-14)10(11(22)12(14)23)21-9-4-19-8(3-20-9)15(16,17)18/h3-4,7,10-13,22-23H,5-6H2,1-2H3,(H,20,21)/t10-,11-,12-,13+,14+/m1/s1. The van der Waals surface area contributed by atoms with Gasteiger partial charge in [-0.25, -0.2) is 9.97 Å². The summed E-state index contributed by atoms with van der Waals surface area (Å²) in [5.74, 6) is -0.0146. The minimum Gasteiger partial charge on any atom is -0.388 e. The third kappa shape index (κ3) is 3.62. The van der Waals surface area contributed by atoms with Gasteiger partial charge in [0.15, 0.2) is 12.0 Å². The molecule has 2 fully saturated rings. The lowest BCUT2D eigenvalue weighted by molar-refractivity contribution is -0.232. The van der Waals surface area contributed by atoms with Crippen LogP contribution >= 0.6 is 0 Å². The Labute approximate surface area is 147 Å². The van der Waals surface area contributed by atoms with Gasteiger partial charge in [-0.2, -0.15) is 13.2 Å². The van der Waals surface area contributed by atoms with E-state index in [2.05, 4.69) is 15.3 Å². The Bertz CT molecular complexity index is 630. The zero-order valence-electron chi connectivity index (χ0n) is 14.1. The molecule has 0 unspecified atom stereocenters. The van der Waals surface area contributed by atoms with Crippen LogP contribution in [0.5, 0.6) is 0 Å². The Balaban J connectivity index is 1.71. The molecule has 0 saturated carbocycles. The quantitative estimate of drug-likeness (QED) is 0.681. The topological polar surface area (TPSA) is 106 Å². The van der Waals surface area contributed by atoms with Gasteiger partial charge < -0.3 is 29.7 Å². The highest BCUT2D eigenvalue weighted by atomic mass is 19.4. The normalized spacial score (nSPS) is 34.3. The molecule has 0 amide bonds. The van der Waals surface area contributed by atoms with Crippen LogP contribution in [0.2, 0.25) is 0 Å². The molecule has 0 radical (unpaired) electrons. The first-order valence-corrected chi connectivity index (χ1v) is 8.05. The number of hydrogen-bond acceptors (Lipinski definition) is 8. The van der Waals surface area contributed by atoms with Gasteiger partial charge in [0.2, 0.25) is 0 Å². The average molecular weight is 379 g/mol. The number of rotatable bonds is 5. The molecule has 3 N–H and O–H groups in total. The van der Waals surface area contributed by atoms with Crippen LogP contribution in [0.3, 0.4) is 0 Å². The fraction of sp³-hybridized carbons (Fsp3) is 0.733. The van der Waals surface area contributed by atoms with Crippen LogP contribution < -0.4 is 5.32 Å². The minimum atomic E-state index is -4.60. The monoisotopic (exact) mass is 379 g/mol. The predicted octanol–water partition coefficient (Wildman–Crippen LogP) is 0.548. The molecular weight excluding hydrogens is 359 g/mol. The minimum absolute atomic E-state index is 0.0134. The third-order valence-corrected chi connectivity index (χ3v) is 4.28. The van der Waals surface area contributed by atoms with Gasteiger partial charge in [0.1, 0.15) is 29.7 Å². The van der Waals surface area contributed by atoms with Crippen molar-refractivity contribution in [1.82, 2.24) is 9.97 Å². The van der Waals surface area contributed by atoms with Crippen LogP contribution in [-0.2, 0) is 20.4 Å². The third-order valence-electron chi connectivity index (χ3n) is 4.28. The Morgan fingerprint density at radius 1 is 1.35 bits per heavy atom. The fourth-order valence-corrected chi connectivity index (χ4v) is 2.87. The summed E-state index contributed by atoms with van der Waals surface area (Å²) in [6.45, 7) is 3.69. The summed E-state index contributed by atoms with van der Waals surface area (Å²) in [5, 5.41) is 23.6. The number of nitrogens with one attached hydrogen (secondary N) is 1. The first-order chi connectivity index (χ1) is 12.1. The van der Waals surface area contributed by atoms with Gasteiger partial charge in [0.25, 0.3) is 0 Å². The predicted molar refractivity (Wildman–Crippen MR) is 81.1 cm³/mol. The maximum absolute atomic E-state index is 12.5. The summed E-state index contributed by atoms with van der Waals surface area (Å²) in [5.41, 5.74) is -2.33. The van der Waals surface area contributed by atoms with Crippen molar-refractivity contribution < 1.29 is 37.6 Å². The van der Waals surface area contributed by atoms with E-state index >= 15 is 0 Å². The molecule has 146 valence electrons. The molecular formula is C15H20F3N3O5. The van der Waals surface area contributed by atoms with Crippen LogP contribution in [-0.4, -0.2) is 69.6 Å². The Morgan fingerprint density at radius 2 is 2.08 bits per heavy atom. The van der Waals surface area contributed by atoms with Gasteiger partial charge in [-0.05, 0) is 13.8 Å². The average Bonchev–Trinajstić information content (AvgIpc) is 2.98. The van der Waals surface area contributed by atoms with Gasteiger partial charge >= 0.3 is 6.18 Å². The number of nitrogens with zero attached hydrogens (tertiary/aromatic N) is 2. The summed E-state index contributed by atoms with van der Waals surface area (Å²) in [4.78, 5) is 6.92. The molecule has 0 spiro atoms. The second-order valence-corrected chi connectivity index (χ2v) is 6.61. The Morgan fingerprint density at radius 3 is 2.65 bits per heavy atom. The summed E-state index contributed by atoms with van der Waals surface area (Å²) < 4.78 is 54.3. The molecule has 3 heterocycles. The van der Waals surface area contributed by atoms with Crippen LogP contribution in [0.25, 0.3) is 0 Å². The summed E-state index contributed by atoms with van der Waals surface area (Å²) in [6.07, 6.45) is -6.79. The molecule has 5 atom stereocenters. The highest BCUT2D eigenvalue weighted by Gasteiger charge is 2.59. The molecule has 1 aromatic rings. The number of alkyl halides is 3. The van der Waals surface area contributed by atoms with Crippen molar-refractivity contribution in [2.24, 2.45) is 0 Å². The van der Waals surface area contributed by atoms with Crippen molar-refractivity contribution in [3.63, 3.8) is 0 Å². The second-order valence-electron chi connectivity index (χ2n) is 6.61. The van der Waals surface area contributed by atoms with Gasteiger partial charge in [-0.15, -0.1) is 0 Å². The highest BCUT2D eigenvalue weighted by molar-refractivity contribution is 5.34. The summed E-state index contributed by atoms with van der Waals surface area (Å²) in [6, 6.07) is -0.939. The van der Waals surface area contributed by atoms with Crippen LogP contribution in [0.1, 0.15) is 19.5 Å². The lowest BCUT2D eigenvalue weighted by Gasteiger charge is -2.43. The maximum Gasteiger partial charge on any atom is 0.434 e. The lowest BCUT2D eigenvalue weighted by Crippen LogP contribution is -2.64. The molecule has 0 aromatic carbocycles. The van der Waals surface area contributed by atoms with Gasteiger partial charge in [-0.3, -0.25) is 0 Å².